The Morgan fingerprint density at radius 3 is 1.96 bits per heavy atom. The predicted octanol–water partition coefficient (Wildman–Crippen LogP) is 4.69. The van der Waals surface area contributed by atoms with Gasteiger partial charge in [0.05, 0.1) is 6.61 Å². The molecule has 0 aliphatic carbocycles. The third-order valence-electron chi connectivity index (χ3n) is 3.89. The Morgan fingerprint density at radius 1 is 0.769 bits per heavy atom. The van der Waals surface area contributed by atoms with Crippen molar-refractivity contribution in [3.05, 3.63) is 96.1 Å². The smallest absolute Gasteiger partial charge is 0.333 e. The van der Waals surface area contributed by atoms with Crippen molar-refractivity contribution >= 4 is 5.97 Å². The number of carbonyl (C=O) groups is 1. The maximum atomic E-state index is 11.5. The van der Waals surface area contributed by atoms with E-state index in [1.165, 1.54) is 0 Å². The molecule has 0 radical (unpaired) electrons. The highest BCUT2D eigenvalue weighted by Crippen LogP contribution is 2.22. The molecular formula is C22H20O4. The van der Waals surface area contributed by atoms with Gasteiger partial charge in [-0.05, 0) is 35.4 Å². The van der Waals surface area contributed by atoms with E-state index in [0.29, 0.717) is 12.2 Å². The van der Waals surface area contributed by atoms with Crippen molar-refractivity contribution in [2.45, 2.75) is 19.1 Å². The molecule has 0 bridgehead atoms. The van der Waals surface area contributed by atoms with E-state index < -0.39 is 12.1 Å². The van der Waals surface area contributed by atoms with Gasteiger partial charge in [0.25, 0.3) is 0 Å². The van der Waals surface area contributed by atoms with Crippen molar-refractivity contribution in [3.63, 3.8) is 0 Å². The molecule has 0 fully saturated rings. The summed E-state index contributed by atoms with van der Waals surface area (Å²) >= 11 is 0. The summed E-state index contributed by atoms with van der Waals surface area (Å²) in [7, 11) is 0. The molecule has 0 aromatic heterocycles. The summed E-state index contributed by atoms with van der Waals surface area (Å²) in [5.41, 5.74) is 1.83. The highest BCUT2D eigenvalue weighted by atomic mass is 16.5. The number of ether oxygens (including phenoxy) is 2. The van der Waals surface area contributed by atoms with Gasteiger partial charge in [0.2, 0.25) is 0 Å². The lowest BCUT2D eigenvalue weighted by Crippen LogP contribution is -2.26. The van der Waals surface area contributed by atoms with Crippen LogP contribution in [-0.4, -0.2) is 17.2 Å². The SMILES string of the molecule is O=C(O)C(Cc1ccc(Oc2ccccc2)cc1)OCc1ccccc1. The van der Waals surface area contributed by atoms with Crippen LogP contribution in [-0.2, 0) is 22.6 Å². The third-order valence-corrected chi connectivity index (χ3v) is 3.89. The maximum absolute atomic E-state index is 11.5. The van der Waals surface area contributed by atoms with E-state index in [2.05, 4.69) is 0 Å². The van der Waals surface area contributed by atoms with Crippen LogP contribution in [0.5, 0.6) is 11.5 Å². The number of benzene rings is 3. The van der Waals surface area contributed by atoms with E-state index in [1.54, 1.807) is 0 Å². The molecule has 26 heavy (non-hydrogen) atoms. The number of carboxylic acid groups (broad SMARTS) is 1. The van der Waals surface area contributed by atoms with Crippen LogP contribution in [0.4, 0.5) is 0 Å². The molecule has 0 saturated heterocycles. The molecule has 0 aliphatic rings. The predicted molar refractivity (Wildman–Crippen MR) is 99.3 cm³/mol. The van der Waals surface area contributed by atoms with Gasteiger partial charge in [-0.1, -0.05) is 60.7 Å². The Hall–Kier alpha value is -3.11. The fraction of sp³-hybridized carbons (Fsp3) is 0.136. The molecular weight excluding hydrogens is 328 g/mol. The van der Waals surface area contributed by atoms with Crippen molar-refractivity contribution in [3.8, 4) is 11.5 Å². The summed E-state index contributed by atoms with van der Waals surface area (Å²) < 4.78 is 11.3. The van der Waals surface area contributed by atoms with E-state index in [9.17, 15) is 9.90 Å². The lowest BCUT2D eigenvalue weighted by atomic mass is 10.1. The molecule has 4 nitrogen and oxygen atoms in total. The van der Waals surface area contributed by atoms with Gasteiger partial charge in [-0.2, -0.15) is 0 Å². The van der Waals surface area contributed by atoms with Gasteiger partial charge in [0.1, 0.15) is 11.5 Å². The topological polar surface area (TPSA) is 55.8 Å². The van der Waals surface area contributed by atoms with Crippen molar-refractivity contribution < 1.29 is 19.4 Å². The van der Waals surface area contributed by atoms with Crippen molar-refractivity contribution in [1.82, 2.24) is 0 Å². The molecule has 0 spiro atoms. The monoisotopic (exact) mass is 348 g/mol. The quantitative estimate of drug-likeness (QED) is 0.641. The number of hydrogen-bond acceptors (Lipinski definition) is 3. The molecule has 3 aromatic rings. The van der Waals surface area contributed by atoms with E-state index >= 15 is 0 Å². The Bertz CT molecular complexity index is 814. The minimum atomic E-state index is -0.967. The van der Waals surface area contributed by atoms with Gasteiger partial charge in [0, 0.05) is 6.42 Å². The summed E-state index contributed by atoms with van der Waals surface area (Å²) in [5, 5.41) is 9.41. The van der Waals surface area contributed by atoms with Gasteiger partial charge in [-0.15, -0.1) is 0 Å². The van der Waals surface area contributed by atoms with E-state index in [0.717, 1.165) is 16.9 Å². The second-order valence-electron chi connectivity index (χ2n) is 5.89. The number of aliphatic carboxylic acids is 1. The summed E-state index contributed by atoms with van der Waals surface area (Å²) in [4.78, 5) is 11.5. The zero-order valence-electron chi connectivity index (χ0n) is 14.2. The van der Waals surface area contributed by atoms with Gasteiger partial charge in [-0.25, -0.2) is 4.79 Å². The Kier molecular flexibility index (Phi) is 6.01. The van der Waals surface area contributed by atoms with Crippen LogP contribution in [0.2, 0.25) is 0 Å². The zero-order valence-corrected chi connectivity index (χ0v) is 14.2. The van der Waals surface area contributed by atoms with Crippen LogP contribution in [0.15, 0.2) is 84.9 Å². The summed E-state index contributed by atoms with van der Waals surface area (Å²) in [6.07, 6.45) is -0.593. The minimum absolute atomic E-state index is 0.271. The van der Waals surface area contributed by atoms with Crippen LogP contribution in [0.3, 0.4) is 0 Å². The van der Waals surface area contributed by atoms with Crippen molar-refractivity contribution in [2.75, 3.05) is 0 Å². The second-order valence-corrected chi connectivity index (χ2v) is 5.89. The first-order valence-corrected chi connectivity index (χ1v) is 8.41. The van der Waals surface area contributed by atoms with Gasteiger partial charge >= 0.3 is 5.97 Å². The average Bonchev–Trinajstić information content (AvgIpc) is 2.68. The summed E-state index contributed by atoms with van der Waals surface area (Å²) in [5.74, 6) is 0.498. The second kappa shape index (κ2) is 8.83. The fourth-order valence-electron chi connectivity index (χ4n) is 2.52. The highest BCUT2D eigenvalue weighted by molar-refractivity contribution is 5.72. The molecule has 0 saturated carbocycles. The molecule has 4 heteroatoms. The van der Waals surface area contributed by atoms with Crippen LogP contribution in [0.1, 0.15) is 11.1 Å². The highest BCUT2D eigenvalue weighted by Gasteiger charge is 2.18. The van der Waals surface area contributed by atoms with E-state index in [-0.39, 0.29) is 6.61 Å². The number of para-hydroxylation sites is 1. The molecule has 132 valence electrons. The molecule has 1 atom stereocenters. The van der Waals surface area contributed by atoms with Gasteiger partial charge in [0.15, 0.2) is 6.10 Å². The first-order valence-electron chi connectivity index (χ1n) is 8.41. The Morgan fingerprint density at radius 2 is 1.35 bits per heavy atom. The molecule has 0 aliphatic heterocycles. The van der Waals surface area contributed by atoms with E-state index in [1.807, 2.05) is 84.9 Å². The van der Waals surface area contributed by atoms with E-state index in [4.69, 9.17) is 9.47 Å². The Labute approximate surface area is 152 Å². The first-order chi connectivity index (χ1) is 12.7. The number of carboxylic acids is 1. The molecule has 0 heterocycles. The molecule has 3 aromatic carbocycles. The van der Waals surface area contributed by atoms with Gasteiger partial charge < -0.3 is 14.6 Å². The number of hydrogen-bond donors (Lipinski definition) is 1. The molecule has 3 rings (SSSR count). The lowest BCUT2D eigenvalue weighted by Gasteiger charge is -2.14. The zero-order chi connectivity index (χ0) is 18.2. The summed E-state index contributed by atoms with van der Waals surface area (Å²) in [6.45, 7) is 0.271. The summed E-state index contributed by atoms with van der Waals surface area (Å²) in [6, 6.07) is 26.4. The van der Waals surface area contributed by atoms with Crippen LogP contribution >= 0.6 is 0 Å². The normalized spacial score (nSPS) is 11.7. The lowest BCUT2D eigenvalue weighted by molar-refractivity contribution is -0.151. The molecule has 0 amide bonds. The molecule has 1 unspecified atom stereocenters. The first kappa shape index (κ1) is 17.7. The minimum Gasteiger partial charge on any atom is -0.479 e. The largest absolute Gasteiger partial charge is 0.479 e. The standard InChI is InChI=1S/C22H20O4/c23-22(24)21(25-16-18-7-3-1-4-8-18)15-17-11-13-20(14-12-17)26-19-9-5-2-6-10-19/h1-14,21H,15-16H2,(H,23,24). The third kappa shape index (κ3) is 5.19. The van der Waals surface area contributed by atoms with Crippen LogP contribution in [0.25, 0.3) is 0 Å². The van der Waals surface area contributed by atoms with Crippen LogP contribution in [0, 0.1) is 0 Å². The van der Waals surface area contributed by atoms with Gasteiger partial charge in [-0.3, -0.25) is 0 Å². The Balaban J connectivity index is 1.59. The number of rotatable bonds is 8. The average molecular weight is 348 g/mol. The van der Waals surface area contributed by atoms with Crippen molar-refractivity contribution in [2.24, 2.45) is 0 Å². The van der Waals surface area contributed by atoms with Crippen LogP contribution < -0.4 is 4.74 Å². The fourth-order valence-corrected chi connectivity index (χ4v) is 2.52. The van der Waals surface area contributed by atoms with Crippen molar-refractivity contribution in [1.29, 1.82) is 0 Å². The maximum Gasteiger partial charge on any atom is 0.333 e. The molecule has 1 N–H and O–H groups in total.